The van der Waals surface area contributed by atoms with Crippen LogP contribution in [-0.2, 0) is 6.42 Å². The van der Waals surface area contributed by atoms with Crippen LogP contribution in [0.2, 0.25) is 0 Å². The van der Waals surface area contributed by atoms with E-state index in [1.165, 1.54) is 0 Å². The summed E-state index contributed by atoms with van der Waals surface area (Å²) in [5, 5.41) is 1.75. The predicted molar refractivity (Wildman–Crippen MR) is 58.9 cm³/mol. The first-order valence-electron chi connectivity index (χ1n) is 4.81. The lowest BCUT2D eigenvalue weighted by Gasteiger charge is -2.29. The van der Waals surface area contributed by atoms with E-state index in [1.54, 1.807) is 0 Å². The first-order valence-corrected chi connectivity index (χ1v) is 5.26. The van der Waals surface area contributed by atoms with E-state index in [0.717, 1.165) is 24.3 Å². The third-order valence-electron chi connectivity index (χ3n) is 2.37. The molecular formula is C10H8F5NO2S. The number of hydrogen-bond acceptors (Lipinski definition) is 3. The Morgan fingerprint density at radius 3 is 2.00 bits per heavy atom. The highest BCUT2D eigenvalue weighted by molar-refractivity contribution is 7.81. The first kappa shape index (κ1) is 15.7. The van der Waals surface area contributed by atoms with Crippen LogP contribution >= 0.6 is 12.6 Å². The Morgan fingerprint density at radius 1 is 1.21 bits per heavy atom. The average Bonchev–Trinajstić information content (AvgIpc) is 2.27. The van der Waals surface area contributed by atoms with Crippen molar-refractivity contribution in [2.24, 2.45) is 0 Å². The van der Waals surface area contributed by atoms with Gasteiger partial charge in [0.1, 0.15) is 0 Å². The summed E-state index contributed by atoms with van der Waals surface area (Å²) in [6.07, 6.45) is -1.35. The van der Waals surface area contributed by atoms with E-state index in [1.807, 2.05) is 0 Å². The quantitative estimate of drug-likeness (QED) is 0.380. The van der Waals surface area contributed by atoms with Crippen molar-refractivity contribution in [1.82, 2.24) is 5.34 Å². The molecule has 0 fully saturated rings. The Kier molecular flexibility index (Phi) is 4.41. The summed E-state index contributed by atoms with van der Waals surface area (Å²) in [5.41, 5.74) is -0.398. The molecule has 0 aromatic heterocycles. The normalized spacial score (nSPS) is 15.3. The van der Waals surface area contributed by atoms with Gasteiger partial charge in [-0.15, -0.1) is 12.6 Å². The molecule has 0 bridgehead atoms. The van der Waals surface area contributed by atoms with Gasteiger partial charge in [0.25, 0.3) is 5.79 Å². The smallest absolute Gasteiger partial charge is 0.343 e. The molecule has 0 saturated carbocycles. The fourth-order valence-corrected chi connectivity index (χ4v) is 1.46. The number of nitrogens with zero attached hydrogens (tertiary/aromatic N) is 1. The van der Waals surface area contributed by atoms with E-state index < -0.39 is 28.8 Å². The number of benzene rings is 1. The fraction of sp³-hybridized carbons (Fsp3) is 0.300. The van der Waals surface area contributed by atoms with Gasteiger partial charge in [0.15, 0.2) is 0 Å². The zero-order valence-electron chi connectivity index (χ0n) is 9.16. The highest BCUT2D eigenvalue weighted by Crippen LogP contribution is 2.41. The van der Waals surface area contributed by atoms with E-state index in [2.05, 4.69) is 12.6 Å². The minimum absolute atomic E-state index is 0.178. The summed E-state index contributed by atoms with van der Waals surface area (Å²) < 4.78 is 63.8. The van der Waals surface area contributed by atoms with Crippen molar-refractivity contribution in [2.45, 2.75) is 17.5 Å². The third kappa shape index (κ3) is 3.35. The summed E-state index contributed by atoms with van der Waals surface area (Å²) in [7, 11) is 0. The first-order chi connectivity index (χ1) is 8.58. The van der Waals surface area contributed by atoms with Crippen LogP contribution < -0.4 is 0 Å². The minimum atomic E-state index is -4.60. The van der Waals surface area contributed by atoms with Gasteiger partial charge in [0, 0.05) is 6.42 Å². The highest BCUT2D eigenvalue weighted by Gasteiger charge is 2.59. The second-order valence-corrected chi connectivity index (χ2v) is 4.27. The van der Waals surface area contributed by atoms with E-state index in [0.29, 0.717) is 0 Å². The molecule has 1 N–H and O–H groups in total. The lowest BCUT2D eigenvalue weighted by molar-refractivity contribution is -0.322. The standard InChI is InChI=1S/C10H8F5NO2S/c11-9(16(14)15,10(12,13)19)5-6-1-3-7(4-2-6)8(17)18/h1-4,19H,5H2,(H,17,18)/t9-/m0/s1. The van der Waals surface area contributed by atoms with E-state index in [4.69, 9.17) is 5.11 Å². The number of rotatable bonds is 5. The topological polar surface area (TPSA) is 40.5 Å². The number of halogens is 5. The van der Waals surface area contributed by atoms with Gasteiger partial charge in [-0.1, -0.05) is 21.1 Å². The second kappa shape index (κ2) is 5.33. The molecule has 0 heterocycles. The maximum Gasteiger partial charge on any atom is 0.343 e. The fourth-order valence-electron chi connectivity index (χ4n) is 1.30. The predicted octanol–water partition coefficient (Wildman–Crippen LogP) is 3.19. The van der Waals surface area contributed by atoms with Crippen LogP contribution in [0.25, 0.3) is 0 Å². The zero-order chi connectivity index (χ0) is 14.8. The number of alkyl halides is 3. The van der Waals surface area contributed by atoms with Gasteiger partial charge in [0.05, 0.1) is 10.9 Å². The average molecular weight is 301 g/mol. The van der Waals surface area contributed by atoms with E-state index in [9.17, 15) is 26.9 Å². The molecule has 106 valence electrons. The van der Waals surface area contributed by atoms with Gasteiger partial charge in [-0.25, -0.2) is 9.18 Å². The lowest BCUT2D eigenvalue weighted by atomic mass is 10.0. The number of aromatic carboxylic acids is 1. The van der Waals surface area contributed by atoms with Gasteiger partial charge < -0.3 is 5.11 Å². The molecule has 0 amide bonds. The molecule has 0 spiro atoms. The molecule has 1 rings (SSSR count). The molecule has 19 heavy (non-hydrogen) atoms. The molecule has 0 aliphatic carbocycles. The van der Waals surface area contributed by atoms with Crippen LogP contribution in [0.15, 0.2) is 24.3 Å². The molecule has 0 saturated heterocycles. The largest absolute Gasteiger partial charge is 0.478 e. The number of carbonyl (C=O) groups is 1. The monoisotopic (exact) mass is 301 g/mol. The summed E-state index contributed by atoms with van der Waals surface area (Å²) in [5.74, 6) is -5.57. The zero-order valence-corrected chi connectivity index (χ0v) is 10.1. The molecule has 0 radical (unpaired) electrons. The molecule has 1 atom stereocenters. The van der Waals surface area contributed by atoms with Crippen LogP contribution in [0.3, 0.4) is 0 Å². The summed E-state index contributed by atoms with van der Waals surface area (Å²) >= 11 is 2.53. The van der Waals surface area contributed by atoms with Crippen molar-refractivity contribution in [1.29, 1.82) is 0 Å². The van der Waals surface area contributed by atoms with Crippen molar-refractivity contribution < 1.29 is 32.0 Å². The van der Waals surface area contributed by atoms with E-state index in [-0.39, 0.29) is 11.1 Å². The summed E-state index contributed by atoms with van der Waals surface area (Å²) in [4.78, 5) is 10.5. The molecular weight excluding hydrogens is 293 g/mol. The van der Waals surface area contributed by atoms with Crippen LogP contribution in [0, 0.1) is 0 Å². The number of carboxylic acids is 1. The van der Waals surface area contributed by atoms with Gasteiger partial charge >= 0.3 is 11.2 Å². The Hall–Kier alpha value is -1.35. The number of thiol groups is 1. The van der Waals surface area contributed by atoms with Gasteiger partial charge in [-0.3, -0.25) is 0 Å². The Labute approximate surface area is 109 Å². The van der Waals surface area contributed by atoms with Crippen LogP contribution in [0.5, 0.6) is 0 Å². The van der Waals surface area contributed by atoms with Gasteiger partial charge in [0.2, 0.25) is 0 Å². The Balaban J connectivity index is 3.02. The summed E-state index contributed by atoms with van der Waals surface area (Å²) in [6, 6.07) is 3.94. The van der Waals surface area contributed by atoms with Crippen molar-refractivity contribution in [3.63, 3.8) is 0 Å². The van der Waals surface area contributed by atoms with Crippen molar-refractivity contribution in [2.75, 3.05) is 0 Å². The SMILES string of the molecule is O=C(O)c1ccc(C[C@](F)(N(F)F)C(F)(F)S)cc1. The van der Waals surface area contributed by atoms with Gasteiger partial charge in [-0.05, 0) is 17.7 Å². The van der Waals surface area contributed by atoms with Crippen molar-refractivity contribution in [3.8, 4) is 0 Å². The molecule has 9 heteroatoms. The number of carboxylic acid groups (broad SMARTS) is 1. The second-order valence-electron chi connectivity index (χ2n) is 3.71. The lowest BCUT2D eigenvalue weighted by Crippen LogP contribution is -2.50. The minimum Gasteiger partial charge on any atom is -0.478 e. The van der Waals surface area contributed by atoms with Crippen LogP contribution in [-0.4, -0.2) is 27.5 Å². The highest BCUT2D eigenvalue weighted by atomic mass is 32.1. The Bertz CT molecular complexity index is 462. The number of hydrogen-bond donors (Lipinski definition) is 2. The molecule has 1 aromatic rings. The molecule has 3 nitrogen and oxygen atoms in total. The molecule has 0 aliphatic rings. The third-order valence-corrected chi connectivity index (χ3v) is 2.71. The van der Waals surface area contributed by atoms with Crippen molar-refractivity contribution in [3.05, 3.63) is 35.4 Å². The van der Waals surface area contributed by atoms with E-state index >= 15 is 0 Å². The molecule has 1 aromatic carbocycles. The van der Waals surface area contributed by atoms with Crippen LogP contribution in [0.1, 0.15) is 15.9 Å². The van der Waals surface area contributed by atoms with Crippen LogP contribution in [0.4, 0.5) is 22.1 Å². The Morgan fingerprint density at radius 2 is 1.68 bits per heavy atom. The maximum atomic E-state index is 13.6. The molecule has 0 aliphatic heterocycles. The molecule has 0 unspecified atom stereocenters. The van der Waals surface area contributed by atoms with Gasteiger partial charge in [-0.2, -0.15) is 8.78 Å². The van der Waals surface area contributed by atoms with Crippen molar-refractivity contribution >= 4 is 18.6 Å². The maximum absolute atomic E-state index is 13.6. The summed E-state index contributed by atoms with van der Waals surface area (Å²) in [6.45, 7) is 0.